The largest absolute Gasteiger partial charge is 0.479 e. The van der Waals surface area contributed by atoms with Crippen LogP contribution < -0.4 is 10.1 Å². The molecule has 0 aliphatic carbocycles. The summed E-state index contributed by atoms with van der Waals surface area (Å²) >= 11 is 3.42. The van der Waals surface area contributed by atoms with Crippen molar-refractivity contribution in [2.45, 2.75) is 20.0 Å². The minimum absolute atomic E-state index is 0.0979. The zero-order valence-corrected chi connectivity index (χ0v) is 9.51. The Bertz CT molecular complexity index is 403. The standard InChI is InChI=1S/C10H10BrNO2/c1-5-3-8-9(4-7(5)11)14-6(2)10(13)12-8/h3-4,6H,1-2H3,(H,12,13). The number of carbonyl (C=O) groups is 1. The van der Waals surface area contributed by atoms with E-state index in [1.165, 1.54) is 0 Å². The first kappa shape index (κ1) is 9.52. The highest BCUT2D eigenvalue weighted by atomic mass is 79.9. The summed E-state index contributed by atoms with van der Waals surface area (Å²) < 4.78 is 6.42. The Labute approximate surface area is 90.6 Å². The number of rotatable bonds is 0. The molecule has 1 unspecified atom stereocenters. The molecule has 1 aliphatic rings. The zero-order chi connectivity index (χ0) is 10.3. The maximum Gasteiger partial charge on any atom is 0.265 e. The second kappa shape index (κ2) is 3.28. The van der Waals surface area contributed by atoms with Crippen LogP contribution in [0, 0.1) is 6.92 Å². The molecule has 0 saturated heterocycles. The molecule has 14 heavy (non-hydrogen) atoms. The molecule has 4 heteroatoms. The van der Waals surface area contributed by atoms with Gasteiger partial charge in [0.05, 0.1) is 5.69 Å². The molecule has 0 fully saturated rings. The van der Waals surface area contributed by atoms with Crippen LogP contribution in [0.1, 0.15) is 12.5 Å². The Hall–Kier alpha value is -1.03. The van der Waals surface area contributed by atoms with E-state index in [9.17, 15) is 4.79 Å². The summed E-state index contributed by atoms with van der Waals surface area (Å²) in [5.74, 6) is 0.619. The Morgan fingerprint density at radius 3 is 2.93 bits per heavy atom. The van der Waals surface area contributed by atoms with Crippen molar-refractivity contribution in [3.63, 3.8) is 0 Å². The van der Waals surface area contributed by atoms with Crippen molar-refractivity contribution in [3.05, 3.63) is 22.2 Å². The maximum atomic E-state index is 11.3. The lowest BCUT2D eigenvalue weighted by Gasteiger charge is -2.23. The molecule has 0 bridgehead atoms. The molecular weight excluding hydrogens is 246 g/mol. The van der Waals surface area contributed by atoms with Crippen molar-refractivity contribution < 1.29 is 9.53 Å². The third kappa shape index (κ3) is 1.50. The summed E-state index contributed by atoms with van der Waals surface area (Å²) in [5, 5.41) is 2.79. The van der Waals surface area contributed by atoms with Crippen molar-refractivity contribution in [3.8, 4) is 5.75 Å². The second-order valence-corrected chi connectivity index (χ2v) is 4.20. The Kier molecular flexibility index (Phi) is 2.23. The summed E-state index contributed by atoms with van der Waals surface area (Å²) in [6, 6.07) is 3.77. The molecule has 0 spiro atoms. The van der Waals surface area contributed by atoms with Crippen LogP contribution in [0.5, 0.6) is 5.75 Å². The molecule has 1 amide bonds. The number of anilines is 1. The SMILES string of the molecule is Cc1cc2c(cc1Br)OC(C)C(=O)N2. The molecule has 1 N–H and O–H groups in total. The molecule has 0 saturated carbocycles. The van der Waals surface area contributed by atoms with Gasteiger partial charge in [-0.05, 0) is 31.5 Å². The van der Waals surface area contributed by atoms with Gasteiger partial charge in [0.15, 0.2) is 6.10 Å². The van der Waals surface area contributed by atoms with Crippen LogP contribution in [0.4, 0.5) is 5.69 Å². The average molecular weight is 256 g/mol. The van der Waals surface area contributed by atoms with E-state index < -0.39 is 6.10 Å². The molecular formula is C10H10BrNO2. The predicted octanol–water partition coefficient (Wildman–Crippen LogP) is 2.48. The van der Waals surface area contributed by atoms with E-state index in [1.54, 1.807) is 6.92 Å². The molecule has 0 aromatic heterocycles. The molecule has 1 heterocycles. The monoisotopic (exact) mass is 255 g/mol. The minimum atomic E-state index is -0.419. The lowest BCUT2D eigenvalue weighted by atomic mass is 10.1. The normalized spacial score (nSPS) is 19.6. The highest BCUT2D eigenvalue weighted by Gasteiger charge is 2.23. The van der Waals surface area contributed by atoms with Crippen molar-refractivity contribution in [2.75, 3.05) is 5.32 Å². The third-order valence-corrected chi connectivity index (χ3v) is 3.05. The Morgan fingerprint density at radius 1 is 1.50 bits per heavy atom. The van der Waals surface area contributed by atoms with E-state index in [4.69, 9.17) is 4.74 Å². The summed E-state index contributed by atoms with van der Waals surface area (Å²) in [6.07, 6.45) is -0.419. The quantitative estimate of drug-likeness (QED) is 0.774. The summed E-state index contributed by atoms with van der Waals surface area (Å²) in [5.41, 5.74) is 1.82. The number of hydrogen-bond acceptors (Lipinski definition) is 2. The number of halogens is 1. The maximum absolute atomic E-state index is 11.3. The number of carbonyl (C=O) groups excluding carboxylic acids is 1. The number of hydrogen-bond donors (Lipinski definition) is 1. The lowest BCUT2D eigenvalue weighted by molar-refractivity contribution is -0.122. The van der Waals surface area contributed by atoms with Crippen LogP contribution in [-0.4, -0.2) is 12.0 Å². The number of aryl methyl sites for hydroxylation is 1. The predicted molar refractivity (Wildman–Crippen MR) is 57.6 cm³/mol. The number of amides is 1. The van der Waals surface area contributed by atoms with E-state index in [2.05, 4.69) is 21.2 Å². The van der Waals surface area contributed by atoms with E-state index in [1.807, 2.05) is 19.1 Å². The number of nitrogens with one attached hydrogen (secondary N) is 1. The van der Waals surface area contributed by atoms with Crippen LogP contribution in [-0.2, 0) is 4.79 Å². The van der Waals surface area contributed by atoms with Gasteiger partial charge in [-0.25, -0.2) is 0 Å². The van der Waals surface area contributed by atoms with Crippen molar-refractivity contribution in [2.24, 2.45) is 0 Å². The Balaban J connectivity index is 2.47. The second-order valence-electron chi connectivity index (χ2n) is 3.35. The molecule has 1 aromatic carbocycles. The van der Waals surface area contributed by atoms with Crippen molar-refractivity contribution >= 4 is 27.5 Å². The van der Waals surface area contributed by atoms with Crippen LogP contribution in [0.25, 0.3) is 0 Å². The summed E-state index contributed by atoms with van der Waals surface area (Å²) in [7, 11) is 0. The Morgan fingerprint density at radius 2 is 2.21 bits per heavy atom. The topological polar surface area (TPSA) is 38.3 Å². The first-order chi connectivity index (χ1) is 6.58. The average Bonchev–Trinajstić information content (AvgIpc) is 2.11. The number of ether oxygens (including phenoxy) is 1. The van der Waals surface area contributed by atoms with Crippen LogP contribution in [0.15, 0.2) is 16.6 Å². The van der Waals surface area contributed by atoms with Gasteiger partial charge in [-0.15, -0.1) is 0 Å². The van der Waals surface area contributed by atoms with Crippen LogP contribution in [0.2, 0.25) is 0 Å². The molecule has 3 nitrogen and oxygen atoms in total. The fourth-order valence-corrected chi connectivity index (χ4v) is 1.66. The van der Waals surface area contributed by atoms with Crippen molar-refractivity contribution in [1.29, 1.82) is 0 Å². The number of benzene rings is 1. The number of fused-ring (bicyclic) bond motifs is 1. The summed E-state index contributed by atoms with van der Waals surface area (Å²) in [4.78, 5) is 11.3. The van der Waals surface area contributed by atoms with Gasteiger partial charge in [-0.1, -0.05) is 15.9 Å². The molecule has 1 aliphatic heterocycles. The van der Waals surface area contributed by atoms with E-state index in [-0.39, 0.29) is 5.91 Å². The smallest absolute Gasteiger partial charge is 0.265 e. The fourth-order valence-electron chi connectivity index (χ4n) is 1.34. The van der Waals surface area contributed by atoms with Gasteiger partial charge < -0.3 is 10.1 Å². The molecule has 1 aromatic rings. The van der Waals surface area contributed by atoms with Gasteiger partial charge in [-0.2, -0.15) is 0 Å². The fraction of sp³-hybridized carbons (Fsp3) is 0.300. The summed E-state index contributed by atoms with van der Waals surface area (Å²) in [6.45, 7) is 3.70. The molecule has 74 valence electrons. The van der Waals surface area contributed by atoms with Gasteiger partial charge in [0.25, 0.3) is 5.91 Å². The van der Waals surface area contributed by atoms with Crippen LogP contribution >= 0.6 is 15.9 Å². The van der Waals surface area contributed by atoms with E-state index in [0.29, 0.717) is 0 Å². The zero-order valence-electron chi connectivity index (χ0n) is 7.93. The van der Waals surface area contributed by atoms with Gasteiger partial charge in [0.1, 0.15) is 5.75 Å². The van der Waals surface area contributed by atoms with Gasteiger partial charge >= 0.3 is 0 Å². The van der Waals surface area contributed by atoms with Gasteiger partial charge in [-0.3, -0.25) is 4.79 Å². The van der Waals surface area contributed by atoms with Crippen molar-refractivity contribution in [1.82, 2.24) is 0 Å². The minimum Gasteiger partial charge on any atom is -0.479 e. The lowest BCUT2D eigenvalue weighted by Crippen LogP contribution is -2.34. The van der Waals surface area contributed by atoms with Gasteiger partial charge in [0.2, 0.25) is 0 Å². The first-order valence-electron chi connectivity index (χ1n) is 4.35. The molecule has 1 atom stereocenters. The highest BCUT2D eigenvalue weighted by Crippen LogP contribution is 2.34. The third-order valence-electron chi connectivity index (χ3n) is 2.19. The molecule has 0 radical (unpaired) electrons. The van der Waals surface area contributed by atoms with E-state index >= 15 is 0 Å². The first-order valence-corrected chi connectivity index (χ1v) is 5.15. The van der Waals surface area contributed by atoms with Crippen LogP contribution in [0.3, 0.4) is 0 Å². The van der Waals surface area contributed by atoms with E-state index in [0.717, 1.165) is 21.5 Å². The highest BCUT2D eigenvalue weighted by molar-refractivity contribution is 9.10. The van der Waals surface area contributed by atoms with Gasteiger partial charge in [0, 0.05) is 4.47 Å². The molecule has 2 rings (SSSR count).